The van der Waals surface area contributed by atoms with E-state index in [-0.39, 0.29) is 46.8 Å². The van der Waals surface area contributed by atoms with E-state index in [0.29, 0.717) is 32.2 Å². The van der Waals surface area contributed by atoms with Gasteiger partial charge in [0.15, 0.2) is 0 Å². The van der Waals surface area contributed by atoms with Crippen LogP contribution in [-0.2, 0) is 4.79 Å². The Bertz CT molecular complexity index is 1230. The molecule has 2 aromatic heterocycles. The number of aliphatic hydroxyl groups excluding tert-OH is 1. The predicted molar refractivity (Wildman–Crippen MR) is 137 cm³/mol. The zero-order chi connectivity index (χ0) is 25.4. The number of nitrogens with zero attached hydrogens (tertiary/aromatic N) is 4. The van der Waals surface area contributed by atoms with Gasteiger partial charge in [0.2, 0.25) is 5.91 Å². The summed E-state index contributed by atoms with van der Waals surface area (Å²) in [7, 11) is 0. The molecular weight excluding hydrogens is 485 g/mol. The Labute approximate surface area is 213 Å². The summed E-state index contributed by atoms with van der Waals surface area (Å²) in [5, 5.41) is 13.2. The molecule has 3 aliphatic rings. The van der Waals surface area contributed by atoms with Crippen LogP contribution in [0.4, 0.5) is 4.39 Å². The maximum absolute atomic E-state index is 14.1. The van der Waals surface area contributed by atoms with Gasteiger partial charge in [0, 0.05) is 24.7 Å². The van der Waals surface area contributed by atoms with Gasteiger partial charge >= 0.3 is 5.69 Å². The molecule has 1 saturated carbocycles. The first-order valence-corrected chi connectivity index (χ1v) is 14.1. The van der Waals surface area contributed by atoms with Crippen molar-refractivity contribution in [1.82, 2.24) is 24.3 Å². The molecular formula is C25H34FN5O4S. The number of nitrogens with one attached hydrogen (secondary N) is 1. The van der Waals surface area contributed by atoms with Gasteiger partial charge in [-0.25, -0.2) is 14.2 Å². The third kappa shape index (κ3) is 4.84. The molecule has 4 heterocycles. The highest BCUT2D eigenvalue weighted by Gasteiger charge is 2.35. The molecule has 1 aliphatic carbocycles. The molecule has 196 valence electrons. The molecule has 11 heteroatoms. The fourth-order valence-electron chi connectivity index (χ4n) is 6.09. The largest absolute Gasteiger partial charge is 0.379 e. The zero-order valence-corrected chi connectivity index (χ0v) is 21.4. The molecule has 1 amide bonds. The van der Waals surface area contributed by atoms with Crippen LogP contribution < -0.4 is 16.6 Å². The lowest BCUT2D eigenvalue weighted by Crippen LogP contribution is -2.51. The lowest BCUT2D eigenvalue weighted by Gasteiger charge is -2.33. The Morgan fingerprint density at radius 2 is 1.81 bits per heavy atom. The smallest absolute Gasteiger partial charge is 0.333 e. The fraction of sp³-hybridized carbons (Fsp3) is 0.680. The summed E-state index contributed by atoms with van der Waals surface area (Å²) in [5.41, 5.74) is -0.594. The summed E-state index contributed by atoms with van der Waals surface area (Å²) in [6, 6.07) is 0.448. The van der Waals surface area contributed by atoms with Crippen LogP contribution in [0.25, 0.3) is 11.0 Å². The second kappa shape index (κ2) is 10.6. The van der Waals surface area contributed by atoms with Crippen molar-refractivity contribution in [1.29, 1.82) is 0 Å². The van der Waals surface area contributed by atoms with E-state index in [9.17, 15) is 23.9 Å². The second-order valence-electron chi connectivity index (χ2n) is 10.2. The summed E-state index contributed by atoms with van der Waals surface area (Å²) < 4.78 is 17.0. The second-order valence-corrected chi connectivity index (χ2v) is 11.5. The summed E-state index contributed by atoms with van der Waals surface area (Å²) in [4.78, 5) is 46.0. The van der Waals surface area contributed by atoms with Crippen molar-refractivity contribution in [3.05, 3.63) is 38.9 Å². The van der Waals surface area contributed by atoms with Gasteiger partial charge in [-0.3, -0.25) is 23.6 Å². The number of carbonyl (C=O) groups is 1. The molecule has 0 spiro atoms. The fourth-order valence-corrected chi connectivity index (χ4v) is 7.17. The Kier molecular flexibility index (Phi) is 7.50. The van der Waals surface area contributed by atoms with E-state index < -0.39 is 17.6 Å². The molecule has 5 rings (SSSR count). The molecule has 2 atom stereocenters. The quantitative estimate of drug-likeness (QED) is 0.623. The highest BCUT2D eigenvalue weighted by atomic mass is 32.2. The molecule has 0 radical (unpaired) electrons. The van der Waals surface area contributed by atoms with Crippen molar-refractivity contribution < 1.29 is 14.3 Å². The third-order valence-electron chi connectivity index (χ3n) is 7.96. The zero-order valence-electron chi connectivity index (χ0n) is 20.6. The van der Waals surface area contributed by atoms with Gasteiger partial charge in [0.1, 0.15) is 17.7 Å². The first-order valence-electron chi connectivity index (χ1n) is 13.0. The van der Waals surface area contributed by atoms with Crippen LogP contribution in [0.2, 0.25) is 0 Å². The summed E-state index contributed by atoms with van der Waals surface area (Å²) in [5.74, 6) is 1.19. The number of pyridine rings is 1. The molecule has 2 unspecified atom stereocenters. The highest BCUT2D eigenvalue weighted by molar-refractivity contribution is 7.99. The van der Waals surface area contributed by atoms with Crippen LogP contribution in [0.15, 0.2) is 21.9 Å². The summed E-state index contributed by atoms with van der Waals surface area (Å²) >= 11 is 1.84. The van der Waals surface area contributed by atoms with Crippen molar-refractivity contribution in [2.75, 3.05) is 18.1 Å². The lowest BCUT2D eigenvalue weighted by molar-refractivity contribution is -0.129. The van der Waals surface area contributed by atoms with E-state index in [2.05, 4.69) is 10.3 Å². The molecule has 2 aromatic rings. The van der Waals surface area contributed by atoms with E-state index in [1.807, 2.05) is 16.7 Å². The number of likely N-dealkylation sites (tertiary alicyclic amines) is 1. The average Bonchev–Trinajstić information content (AvgIpc) is 3.37. The summed E-state index contributed by atoms with van der Waals surface area (Å²) in [6.45, 7) is 2.38. The van der Waals surface area contributed by atoms with Crippen LogP contribution in [-0.4, -0.2) is 66.4 Å². The van der Waals surface area contributed by atoms with Gasteiger partial charge in [0.25, 0.3) is 5.56 Å². The minimum atomic E-state index is -0.664. The number of hydrogen-bond donors (Lipinski definition) is 2. The van der Waals surface area contributed by atoms with Crippen LogP contribution in [0, 0.1) is 5.82 Å². The van der Waals surface area contributed by atoms with Crippen molar-refractivity contribution in [2.24, 2.45) is 0 Å². The van der Waals surface area contributed by atoms with E-state index >= 15 is 0 Å². The van der Waals surface area contributed by atoms with Crippen LogP contribution in [0.3, 0.4) is 0 Å². The topological polar surface area (TPSA) is 109 Å². The normalized spacial score (nSPS) is 26.8. The molecule has 0 bridgehead atoms. The van der Waals surface area contributed by atoms with Gasteiger partial charge in [-0.1, -0.05) is 0 Å². The van der Waals surface area contributed by atoms with Gasteiger partial charge < -0.3 is 10.4 Å². The SMILES string of the molecule is CC(O)N1CCCC1C(=O)NC1CCC(n2c(=O)c3cc(F)cnc3n(C3CCSCC3)c2=O)CC1. The Hall–Kier alpha value is -2.24. The minimum absolute atomic E-state index is 0.0435. The number of amides is 1. The average molecular weight is 520 g/mol. The summed E-state index contributed by atoms with van der Waals surface area (Å²) in [6.07, 6.45) is 6.04. The number of aromatic nitrogens is 3. The number of fused-ring (bicyclic) bond motifs is 1. The van der Waals surface area contributed by atoms with Gasteiger partial charge in [-0.15, -0.1) is 0 Å². The predicted octanol–water partition coefficient (Wildman–Crippen LogP) is 2.17. The molecule has 9 nitrogen and oxygen atoms in total. The standard InChI is InChI=1S/C25H34FN5O4S/c1-15(32)29-10-2-3-21(29)23(33)28-17-4-6-18(7-5-17)31-24(34)20-13-16(26)14-27-22(20)30(25(31)35)19-8-11-36-12-9-19/h13-15,17-19,21,32H,2-12H2,1H3,(H,28,33). The number of aliphatic hydroxyl groups is 1. The van der Waals surface area contributed by atoms with Crippen molar-refractivity contribution >= 4 is 28.7 Å². The number of carbonyl (C=O) groups excluding carboxylic acids is 1. The first kappa shape index (κ1) is 25.4. The number of halogens is 1. The Morgan fingerprint density at radius 1 is 1.11 bits per heavy atom. The Balaban J connectivity index is 1.37. The number of hydrogen-bond acceptors (Lipinski definition) is 7. The molecule has 2 N–H and O–H groups in total. The van der Waals surface area contributed by atoms with Crippen LogP contribution >= 0.6 is 11.8 Å². The maximum Gasteiger partial charge on any atom is 0.333 e. The number of thioether (sulfide) groups is 1. The van der Waals surface area contributed by atoms with Crippen molar-refractivity contribution in [3.63, 3.8) is 0 Å². The van der Waals surface area contributed by atoms with Gasteiger partial charge in [-0.2, -0.15) is 11.8 Å². The Morgan fingerprint density at radius 3 is 2.50 bits per heavy atom. The minimum Gasteiger partial charge on any atom is -0.379 e. The van der Waals surface area contributed by atoms with E-state index in [1.165, 1.54) is 10.6 Å². The third-order valence-corrected chi connectivity index (χ3v) is 9.01. The van der Waals surface area contributed by atoms with Crippen LogP contribution in [0.5, 0.6) is 0 Å². The molecule has 2 saturated heterocycles. The van der Waals surface area contributed by atoms with E-state index in [4.69, 9.17) is 0 Å². The van der Waals surface area contributed by atoms with Gasteiger partial charge in [-0.05, 0) is 75.9 Å². The first-order chi connectivity index (χ1) is 17.3. The van der Waals surface area contributed by atoms with Crippen LogP contribution in [0.1, 0.15) is 70.4 Å². The van der Waals surface area contributed by atoms with Crippen molar-refractivity contribution in [3.8, 4) is 0 Å². The van der Waals surface area contributed by atoms with E-state index in [0.717, 1.165) is 43.4 Å². The molecule has 36 heavy (non-hydrogen) atoms. The highest BCUT2D eigenvalue weighted by Crippen LogP contribution is 2.30. The maximum atomic E-state index is 14.1. The van der Waals surface area contributed by atoms with Crippen molar-refractivity contribution in [2.45, 2.75) is 88.7 Å². The van der Waals surface area contributed by atoms with Gasteiger partial charge in [0.05, 0.1) is 17.6 Å². The molecule has 2 aliphatic heterocycles. The molecule has 0 aromatic carbocycles. The van der Waals surface area contributed by atoms with E-state index in [1.54, 1.807) is 11.5 Å². The molecule has 3 fully saturated rings. The monoisotopic (exact) mass is 519 g/mol. The number of rotatable bonds is 5. The lowest BCUT2D eigenvalue weighted by atomic mass is 9.90.